The van der Waals surface area contributed by atoms with Crippen LogP contribution in [0.4, 0.5) is 0 Å². The molecule has 2 atom stereocenters. The van der Waals surface area contributed by atoms with Crippen LogP contribution in [0.25, 0.3) is 0 Å². The molecule has 0 heterocycles. The van der Waals surface area contributed by atoms with Crippen LogP contribution in [0, 0.1) is 11.8 Å². The molecule has 96 valence electrons. The van der Waals surface area contributed by atoms with Crippen LogP contribution >= 0.6 is 0 Å². The molecule has 1 saturated carbocycles. The smallest absolute Gasteiger partial charge is 0.00179 e. The zero-order valence-corrected chi connectivity index (χ0v) is 11.4. The molecule has 0 aliphatic heterocycles. The number of unbranched alkanes of at least 4 members (excludes halogenated alkanes) is 2. The lowest BCUT2D eigenvalue weighted by molar-refractivity contribution is 0.213. The predicted octanol–water partition coefficient (Wildman–Crippen LogP) is 4.37. The van der Waals surface area contributed by atoms with Crippen LogP contribution in [0.3, 0.4) is 0 Å². The van der Waals surface area contributed by atoms with E-state index in [9.17, 15) is 0 Å². The third-order valence-electron chi connectivity index (χ3n) is 4.08. The quantitative estimate of drug-likeness (QED) is 0.605. The third-order valence-corrected chi connectivity index (χ3v) is 4.08. The van der Waals surface area contributed by atoms with E-state index >= 15 is 0 Å². The normalized spacial score (nSPS) is 25.9. The highest BCUT2D eigenvalue weighted by atomic mass is 14.9. The summed E-state index contributed by atoms with van der Waals surface area (Å²) in [5.41, 5.74) is 0. The molecule has 0 aromatic carbocycles. The van der Waals surface area contributed by atoms with E-state index in [2.05, 4.69) is 19.2 Å². The number of nitrogens with one attached hydrogen (secondary N) is 1. The lowest BCUT2D eigenvalue weighted by Gasteiger charge is -2.32. The molecule has 0 bridgehead atoms. The molecule has 0 amide bonds. The standard InChI is InChI=1S/C15H31N/c1-3-5-6-9-14-10-7-8-11-15(14)13-16-12-4-2/h14-16H,3-13H2,1-2H3. The molecule has 1 fully saturated rings. The van der Waals surface area contributed by atoms with Crippen LogP contribution < -0.4 is 5.32 Å². The van der Waals surface area contributed by atoms with Gasteiger partial charge in [-0.3, -0.25) is 0 Å². The summed E-state index contributed by atoms with van der Waals surface area (Å²) in [4.78, 5) is 0. The van der Waals surface area contributed by atoms with Gasteiger partial charge in [-0.25, -0.2) is 0 Å². The highest BCUT2D eigenvalue weighted by molar-refractivity contribution is 4.77. The summed E-state index contributed by atoms with van der Waals surface area (Å²) in [6.07, 6.45) is 13.0. The molecule has 1 heteroatoms. The van der Waals surface area contributed by atoms with Gasteiger partial charge in [-0.05, 0) is 37.8 Å². The fourth-order valence-electron chi connectivity index (χ4n) is 3.05. The van der Waals surface area contributed by atoms with Crippen LogP contribution in [0.5, 0.6) is 0 Å². The van der Waals surface area contributed by atoms with Gasteiger partial charge in [0.1, 0.15) is 0 Å². The fourth-order valence-corrected chi connectivity index (χ4v) is 3.05. The van der Waals surface area contributed by atoms with E-state index in [1.165, 1.54) is 70.9 Å². The summed E-state index contributed by atoms with van der Waals surface area (Å²) in [6, 6.07) is 0. The molecule has 1 aliphatic rings. The van der Waals surface area contributed by atoms with Gasteiger partial charge in [0.15, 0.2) is 0 Å². The van der Waals surface area contributed by atoms with Gasteiger partial charge in [-0.2, -0.15) is 0 Å². The van der Waals surface area contributed by atoms with Crippen LogP contribution in [0.15, 0.2) is 0 Å². The highest BCUT2D eigenvalue weighted by Crippen LogP contribution is 2.33. The molecule has 0 radical (unpaired) electrons. The van der Waals surface area contributed by atoms with Gasteiger partial charge in [-0.15, -0.1) is 0 Å². The Balaban J connectivity index is 2.20. The van der Waals surface area contributed by atoms with Gasteiger partial charge in [0.05, 0.1) is 0 Å². The lowest BCUT2D eigenvalue weighted by atomic mass is 9.76. The Kier molecular flexibility index (Phi) is 7.92. The SMILES string of the molecule is CCCCCC1CCCCC1CNCCC. The van der Waals surface area contributed by atoms with E-state index in [4.69, 9.17) is 0 Å². The fraction of sp³-hybridized carbons (Fsp3) is 1.00. The van der Waals surface area contributed by atoms with E-state index in [-0.39, 0.29) is 0 Å². The van der Waals surface area contributed by atoms with Gasteiger partial charge < -0.3 is 5.32 Å². The second kappa shape index (κ2) is 9.04. The van der Waals surface area contributed by atoms with E-state index in [1.807, 2.05) is 0 Å². The van der Waals surface area contributed by atoms with E-state index < -0.39 is 0 Å². The summed E-state index contributed by atoms with van der Waals surface area (Å²) < 4.78 is 0. The van der Waals surface area contributed by atoms with E-state index in [0.717, 1.165) is 11.8 Å². The molecular formula is C15H31N. The summed E-state index contributed by atoms with van der Waals surface area (Å²) in [5, 5.41) is 3.63. The van der Waals surface area contributed by atoms with Gasteiger partial charge >= 0.3 is 0 Å². The van der Waals surface area contributed by atoms with Gasteiger partial charge in [0.25, 0.3) is 0 Å². The summed E-state index contributed by atoms with van der Waals surface area (Å²) in [7, 11) is 0. The van der Waals surface area contributed by atoms with E-state index in [0.29, 0.717) is 0 Å². The Morgan fingerprint density at radius 1 is 0.938 bits per heavy atom. The molecule has 0 aromatic rings. The molecule has 16 heavy (non-hydrogen) atoms. The summed E-state index contributed by atoms with van der Waals surface area (Å²) >= 11 is 0. The Hall–Kier alpha value is -0.0400. The number of hydrogen-bond donors (Lipinski definition) is 1. The average molecular weight is 225 g/mol. The first-order valence-corrected chi connectivity index (χ1v) is 7.59. The molecule has 0 saturated heterocycles. The van der Waals surface area contributed by atoms with Crippen LogP contribution in [0.2, 0.25) is 0 Å². The predicted molar refractivity (Wildman–Crippen MR) is 72.8 cm³/mol. The average Bonchev–Trinajstić information content (AvgIpc) is 2.32. The molecule has 1 nitrogen and oxygen atoms in total. The monoisotopic (exact) mass is 225 g/mol. The zero-order valence-electron chi connectivity index (χ0n) is 11.4. The molecule has 1 N–H and O–H groups in total. The van der Waals surface area contributed by atoms with Crippen molar-refractivity contribution in [3.05, 3.63) is 0 Å². The highest BCUT2D eigenvalue weighted by Gasteiger charge is 2.23. The maximum Gasteiger partial charge on any atom is -0.00179 e. The number of hydrogen-bond acceptors (Lipinski definition) is 1. The van der Waals surface area contributed by atoms with Gasteiger partial charge in [0, 0.05) is 0 Å². The summed E-state index contributed by atoms with van der Waals surface area (Å²) in [6.45, 7) is 7.05. The second-order valence-electron chi connectivity index (χ2n) is 5.50. The Morgan fingerprint density at radius 2 is 1.69 bits per heavy atom. The Bertz CT molecular complexity index is 138. The first kappa shape index (κ1) is 14.0. The molecule has 1 aliphatic carbocycles. The van der Waals surface area contributed by atoms with E-state index in [1.54, 1.807) is 0 Å². The Morgan fingerprint density at radius 3 is 2.38 bits per heavy atom. The van der Waals surface area contributed by atoms with Gasteiger partial charge in [-0.1, -0.05) is 58.8 Å². The minimum atomic E-state index is 0.983. The van der Waals surface area contributed by atoms with Crippen LogP contribution in [0.1, 0.15) is 71.6 Å². The molecule has 1 rings (SSSR count). The third kappa shape index (κ3) is 5.34. The maximum absolute atomic E-state index is 3.63. The Labute approximate surface area is 102 Å². The first-order valence-electron chi connectivity index (χ1n) is 7.59. The molecule has 0 spiro atoms. The summed E-state index contributed by atoms with van der Waals surface area (Å²) in [5.74, 6) is 2.02. The minimum absolute atomic E-state index is 0.983. The van der Waals surface area contributed by atoms with Crippen molar-refractivity contribution >= 4 is 0 Å². The maximum atomic E-state index is 3.63. The van der Waals surface area contributed by atoms with Crippen LogP contribution in [-0.4, -0.2) is 13.1 Å². The van der Waals surface area contributed by atoms with Crippen molar-refractivity contribution in [3.63, 3.8) is 0 Å². The molecule has 2 unspecified atom stereocenters. The van der Waals surface area contributed by atoms with Crippen molar-refractivity contribution in [1.82, 2.24) is 5.32 Å². The molecular weight excluding hydrogens is 194 g/mol. The van der Waals surface area contributed by atoms with Gasteiger partial charge in [0.2, 0.25) is 0 Å². The van der Waals surface area contributed by atoms with Crippen molar-refractivity contribution in [2.45, 2.75) is 71.6 Å². The second-order valence-corrected chi connectivity index (χ2v) is 5.50. The van der Waals surface area contributed by atoms with Crippen molar-refractivity contribution in [2.75, 3.05) is 13.1 Å². The van der Waals surface area contributed by atoms with Crippen molar-refractivity contribution in [2.24, 2.45) is 11.8 Å². The largest absolute Gasteiger partial charge is 0.316 e. The number of rotatable bonds is 8. The zero-order chi connectivity index (χ0) is 11.6. The van der Waals surface area contributed by atoms with Crippen molar-refractivity contribution < 1.29 is 0 Å². The lowest BCUT2D eigenvalue weighted by Crippen LogP contribution is -2.31. The van der Waals surface area contributed by atoms with Crippen molar-refractivity contribution in [1.29, 1.82) is 0 Å². The first-order chi connectivity index (χ1) is 7.88. The van der Waals surface area contributed by atoms with Crippen LogP contribution in [-0.2, 0) is 0 Å². The topological polar surface area (TPSA) is 12.0 Å². The molecule has 0 aromatic heterocycles. The van der Waals surface area contributed by atoms with Crippen molar-refractivity contribution in [3.8, 4) is 0 Å². The minimum Gasteiger partial charge on any atom is -0.316 e.